The maximum atomic E-state index is 11.4. The minimum absolute atomic E-state index is 0.353. The highest BCUT2D eigenvalue weighted by Gasteiger charge is 2.28. The second kappa shape index (κ2) is 4.96. The highest BCUT2D eigenvalue weighted by atomic mass is 32.2. The van der Waals surface area contributed by atoms with E-state index in [4.69, 9.17) is 0 Å². The third-order valence-electron chi connectivity index (χ3n) is 3.38. The molecule has 3 nitrogen and oxygen atoms in total. The van der Waals surface area contributed by atoms with Crippen molar-refractivity contribution in [1.29, 1.82) is 0 Å². The van der Waals surface area contributed by atoms with Gasteiger partial charge in [0.25, 0.3) is 5.91 Å². The molecule has 1 amide bonds. The maximum absolute atomic E-state index is 11.4. The van der Waals surface area contributed by atoms with Crippen LogP contribution in [0.5, 0.6) is 0 Å². The first kappa shape index (κ1) is 13.2. The van der Waals surface area contributed by atoms with E-state index in [1.54, 1.807) is 11.8 Å². The Labute approximate surface area is 122 Å². The van der Waals surface area contributed by atoms with Crippen molar-refractivity contribution >= 4 is 23.4 Å². The number of hydrogen-bond acceptors (Lipinski definition) is 3. The van der Waals surface area contributed by atoms with Gasteiger partial charge in [-0.15, -0.1) is 0 Å². The predicted octanol–water partition coefficient (Wildman–Crippen LogP) is 3.44. The Hall–Kier alpha value is -1.78. The van der Waals surface area contributed by atoms with Crippen LogP contribution >= 0.6 is 11.8 Å². The summed E-state index contributed by atoms with van der Waals surface area (Å²) in [6, 6.07) is 12.0. The largest absolute Gasteiger partial charge is 0.378 e. The van der Waals surface area contributed by atoms with E-state index in [2.05, 4.69) is 37.4 Å². The van der Waals surface area contributed by atoms with E-state index in [0.29, 0.717) is 11.3 Å². The number of carbonyl (C=O) groups excluding carboxylic acids is 1. The summed E-state index contributed by atoms with van der Waals surface area (Å²) in [5, 5.41) is 12.4. The van der Waals surface area contributed by atoms with Crippen LogP contribution in [-0.4, -0.2) is 11.0 Å². The average Bonchev–Trinajstić information content (AvgIpc) is 2.68. The topological polar surface area (TPSA) is 49.3 Å². The molecule has 2 N–H and O–H groups in total. The van der Waals surface area contributed by atoms with Gasteiger partial charge in [0.1, 0.15) is 0 Å². The van der Waals surface area contributed by atoms with Crippen LogP contribution in [0.25, 0.3) is 0 Å². The molecule has 1 aliphatic heterocycles. The molecule has 4 heteroatoms. The Morgan fingerprint density at radius 3 is 2.70 bits per heavy atom. The lowest BCUT2D eigenvalue weighted by atomic mass is 10.1. The number of aliphatic hydroxyl groups is 1. The van der Waals surface area contributed by atoms with Gasteiger partial charge in [0.05, 0.1) is 0 Å². The zero-order valence-electron chi connectivity index (χ0n) is 11.3. The van der Waals surface area contributed by atoms with Gasteiger partial charge in [-0.1, -0.05) is 35.5 Å². The second-order valence-electron chi connectivity index (χ2n) is 5.01. The molecule has 1 unspecified atom stereocenters. The number of benzene rings is 2. The van der Waals surface area contributed by atoms with Crippen LogP contribution in [0, 0.1) is 13.8 Å². The summed E-state index contributed by atoms with van der Waals surface area (Å²) in [5.74, 6) is -0.353. The van der Waals surface area contributed by atoms with Gasteiger partial charge in [0.2, 0.25) is 0 Å². The molecule has 0 saturated carbocycles. The Morgan fingerprint density at radius 2 is 1.95 bits per heavy atom. The molecule has 2 aromatic carbocycles. The van der Waals surface area contributed by atoms with E-state index in [1.807, 2.05) is 18.2 Å². The van der Waals surface area contributed by atoms with E-state index in [9.17, 15) is 9.90 Å². The minimum Gasteiger partial charge on any atom is -0.378 e. The fraction of sp³-hybridized carbons (Fsp3) is 0.188. The third-order valence-corrected chi connectivity index (χ3v) is 4.55. The quantitative estimate of drug-likeness (QED) is 0.888. The second-order valence-corrected chi connectivity index (χ2v) is 6.13. The molecule has 3 rings (SSSR count). The molecule has 20 heavy (non-hydrogen) atoms. The van der Waals surface area contributed by atoms with E-state index in [1.165, 1.54) is 16.0 Å². The first-order valence-corrected chi connectivity index (χ1v) is 7.24. The molecular formula is C16H15NO2S. The fourth-order valence-electron chi connectivity index (χ4n) is 2.33. The smallest absolute Gasteiger partial charge is 0.257 e. The third kappa shape index (κ3) is 2.32. The number of anilines is 1. The normalized spacial score (nSPS) is 16.9. The van der Waals surface area contributed by atoms with Crippen molar-refractivity contribution < 1.29 is 9.90 Å². The number of amides is 1. The molecular weight excluding hydrogens is 270 g/mol. The van der Waals surface area contributed by atoms with E-state index >= 15 is 0 Å². The van der Waals surface area contributed by atoms with E-state index in [0.717, 1.165) is 4.90 Å². The van der Waals surface area contributed by atoms with Gasteiger partial charge < -0.3 is 10.4 Å². The molecule has 0 radical (unpaired) electrons. The SMILES string of the molecule is Cc1ccc(Sc2ccc3c(c2)NC(=O)C3O)c(C)c1. The van der Waals surface area contributed by atoms with Crippen molar-refractivity contribution in [1.82, 2.24) is 0 Å². The molecule has 102 valence electrons. The molecule has 0 fully saturated rings. The Morgan fingerprint density at radius 1 is 1.15 bits per heavy atom. The summed E-state index contributed by atoms with van der Waals surface area (Å²) in [7, 11) is 0. The zero-order valence-corrected chi connectivity index (χ0v) is 12.1. The molecule has 1 atom stereocenters. The highest BCUT2D eigenvalue weighted by Crippen LogP contribution is 2.37. The molecule has 0 aromatic heterocycles. The summed E-state index contributed by atoms with van der Waals surface area (Å²) in [6.07, 6.45) is -1.04. The van der Waals surface area contributed by atoms with Crippen LogP contribution in [0.2, 0.25) is 0 Å². The number of fused-ring (bicyclic) bond motifs is 1. The van der Waals surface area contributed by atoms with Crippen molar-refractivity contribution in [3.8, 4) is 0 Å². The van der Waals surface area contributed by atoms with Gasteiger partial charge in [-0.25, -0.2) is 0 Å². The lowest BCUT2D eigenvalue weighted by Crippen LogP contribution is -2.10. The highest BCUT2D eigenvalue weighted by molar-refractivity contribution is 7.99. The van der Waals surface area contributed by atoms with Gasteiger partial charge >= 0.3 is 0 Å². The first-order valence-electron chi connectivity index (χ1n) is 6.42. The van der Waals surface area contributed by atoms with Crippen molar-refractivity contribution in [2.24, 2.45) is 0 Å². The first-order chi connectivity index (χ1) is 9.54. The monoisotopic (exact) mass is 285 g/mol. The van der Waals surface area contributed by atoms with Crippen LogP contribution in [-0.2, 0) is 4.79 Å². The number of nitrogens with one attached hydrogen (secondary N) is 1. The summed E-state index contributed by atoms with van der Waals surface area (Å²) >= 11 is 1.66. The van der Waals surface area contributed by atoms with Crippen LogP contribution < -0.4 is 5.32 Å². The van der Waals surface area contributed by atoms with Crippen molar-refractivity contribution in [3.05, 3.63) is 53.1 Å². The van der Waals surface area contributed by atoms with Crippen molar-refractivity contribution in [3.63, 3.8) is 0 Å². The van der Waals surface area contributed by atoms with E-state index < -0.39 is 6.10 Å². The van der Waals surface area contributed by atoms with Crippen LogP contribution in [0.3, 0.4) is 0 Å². The fourth-order valence-corrected chi connectivity index (χ4v) is 3.25. The average molecular weight is 285 g/mol. The lowest BCUT2D eigenvalue weighted by Gasteiger charge is -2.08. The van der Waals surface area contributed by atoms with E-state index in [-0.39, 0.29) is 5.91 Å². The molecule has 2 aromatic rings. The summed E-state index contributed by atoms with van der Waals surface area (Å²) in [5.41, 5.74) is 3.84. The Bertz CT molecular complexity index is 697. The summed E-state index contributed by atoms with van der Waals surface area (Å²) < 4.78 is 0. The number of aryl methyl sites for hydroxylation is 2. The van der Waals surface area contributed by atoms with Gasteiger partial charge in [-0.2, -0.15) is 0 Å². The lowest BCUT2D eigenvalue weighted by molar-refractivity contribution is -0.123. The van der Waals surface area contributed by atoms with Gasteiger partial charge in [0.15, 0.2) is 6.10 Å². The zero-order chi connectivity index (χ0) is 14.3. The number of rotatable bonds is 2. The Balaban J connectivity index is 1.90. The standard InChI is InChI=1S/C16H15NO2S/c1-9-3-6-14(10(2)7-9)20-11-4-5-12-13(8-11)17-16(19)15(12)18/h3-8,15,18H,1-2H3,(H,17,19). The predicted molar refractivity (Wildman–Crippen MR) is 80.1 cm³/mol. The number of hydrogen-bond donors (Lipinski definition) is 2. The molecule has 1 heterocycles. The van der Waals surface area contributed by atoms with Gasteiger partial charge in [-0.3, -0.25) is 4.79 Å². The molecule has 0 bridgehead atoms. The molecule has 1 aliphatic rings. The number of carbonyl (C=O) groups is 1. The van der Waals surface area contributed by atoms with Crippen LogP contribution in [0.4, 0.5) is 5.69 Å². The van der Waals surface area contributed by atoms with Gasteiger partial charge in [-0.05, 0) is 37.6 Å². The van der Waals surface area contributed by atoms with Crippen LogP contribution in [0.15, 0.2) is 46.2 Å². The summed E-state index contributed by atoms with van der Waals surface area (Å²) in [4.78, 5) is 13.7. The Kier molecular flexibility index (Phi) is 3.28. The maximum Gasteiger partial charge on any atom is 0.257 e. The molecule has 0 aliphatic carbocycles. The van der Waals surface area contributed by atoms with Gasteiger partial charge in [0, 0.05) is 21.0 Å². The minimum atomic E-state index is -1.04. The van der Waals surface area contributed by atoms with Crippen LogP contribution in [0.1, 0.15) is 22.8 Å². The van der Waals surface area contributed by atoms with Crippen molar-refractivity contribution in [2.45, 2.75) is 29.7 Å². The summed E-state index contributed by atoms with van der Waals surface area (Å²) in [6.45, 7) is 4.17. The molecule has 0 saturated heterocycles. The van der Waals surface area contributed by atoms with Crippen molar-refractivity contribution in [2.75, 3.05) is 5.32 Å². The number of aliphatic hydroxyl groups excluding tert-OH is 1. The molecule has 0 spiro atoms.